The molecule has 30 heavy (non-hydrogen) atoms. The van der Waals surface area contributed by atoms with Gasteiger partial charge >= 0.3 is 0 Å². The SMILES string of the molecule is Cc1ccc(C#N)nc1[C@]12CC[C@@H](c3cc(-c4c(F)cccc4F)nnc31)C2(C)C. The van der Waals surface area contributed by atoms with E-state index >= 15 is 0 Å². The van der Waals surface area contributed by atoms with Crippen molar-refractivity contribution in [2.24, 2.45) is 5.41 Å². The summed E-state index contributed by atoms with van der Waals surface area (Å²) in [6.07, 6.45) is 1.77. The van der Waals surface area contributed by atoms with Gasteiger partial charge in [-0.2, -0.15) is 10.4 Å². The highest BCUT2D eigenvalue weighted by molar-refractivity contribution is 5.64. The molecule has 1 fully saturated rings. The van der Waals surface area contributed by atoms with Crippen molar-refractivity contribution in [3.63, 3.8) is 0 Å². The molecular formula is C24H20F2N4. The number of nitriles is 1. The first-order valence-corrected chi connectivity index (χ1v) is 10.0. The molecule has 0 spiro atoms. The van der Waals surface area contributed by atoms with E-state index in [2.05, 4.69) is 30.1 Å². The molecule has 2 aromatic heterocycles. The Morgan fingerprint density at radius 1 is 1.07 bits per heavy atom. The van der Waals surface area contributed by atoms with E-state index < -0.39 is 17.0 Å². The Hall–Kier alpha value is -3.20. The predicted octanol–water partition coefficient (Wildman–Crippen LogP) is 5.20. The zero-order valence-electron chi connectivity index (χ0n) is 17.0. The third-order valence-electron chi connectivity index (χ3n) is 7.22. The Morgan fingerprint density at radius 3 is 2.50 bits per heavy atom. The predicted molar refractivity (Wildman–Crippen MR) is 108 cm³/mol. The van der Waals surface area contributed by atoms with Crippen LogP contribution in [0.5, 0.6) is 0 Å². The van der Waals surface area contributed by atoms with Crippen molar-refractivity contribution in [1.29, 1.82) is 5.26 Å². The molecule has 4 nitrogen and oxygen atoms in total. The van der Waals surface area contributed by atoms with Gasteiger partial charge in [-0.25, -0.2) is 13.8 Å². The number of halogens is 2. The molecule has 0 saturated heterocycles. The molecule has 1 aromatic carbocycles. The van der Waals surface area contributed by atoms with Crippen LogP contribution >= 0.6 is 0 Å². The van der Waals surface area contributed by atoms with E-state index in [0.29, 0.717) is 5.69 Å². The normalized spacial score (nSPS) is 23.3. The highest BCUT2D eigenvalue weighted by atomic mass is 19.1. The number of pyridine rings is 1. The van der Waals surface area contributed by atoms with E-state index in [9.17, 15) is 14.0 Å². The fourth-order valence-electron chi connectivity index (χ4n) is 5.74. The highest BCUT2D eigenvalue weighted by Gasteiger charge is 2.65. The van der Waals surface area contributed by atoms with Crippen LogP contribution < -0.4 is 0 Å². The van der Waals surface area contributed by atoms with Crippen molar-refractivity contribution in [1.82, 2.24) is 15.2 Å². The van der Waals surface area contributed by atoms with Gasteiger partial charge in [0.25, 0.3) is 0 Å². The Balaban J connectivity index is 1.76. The van der Waals surface area contributed by atoms with Crippen LogP contribution in [0.3, 0.4) is 0 Å². The van der Waals surface area contributed by atoms with Gasteiger partial charge in [0.15, 0.2) is 0 Å². The van der Waals surface area contributed by atoms with Gasteiger partial charge in [0.1, 0.15) is 23.4 Å². The van der Waals surface area contributed by atoms with Gasteiger partial charge in [0, 0.05) is 0 Å². The van der Waals surface area contributed by atoms with E-state index in [1.807, 2.05) is 13.0 Å². The zero-order valence-corrected chi connectivity index (χ0v) is 17.0. The van der Waals surface area contributed by atoms with Crippen molar-refractivity contribution >= 4 is 0 Å². The first-order chi connectivity index (χ1) is 14.3. The fraction of sp³-hybridized carbons (Fsp3) is 0.333. The molecule has 0 unspecified atom stereocenters. The molecule has 0 aliphatic heterocycles. The molecule has 6 heteroatoms. The number of benzene rings is 1. The van der Waals surface area contributed by atoms with Gasteiger partial charge in [0.05, 0.1) is 28.1 Å². The lowest BCUT2D eigenvalue weighted by Crippen LogP contribution is -2.38. The number of aryl methyl sites for hydroxylation is 1. The van der Waals surface area contributed by atoms with Crippen molar-refractivity contribution in [3.05, 3.63) is 76.2 Å². The molecule has 2 atom stereocenters. The lowest BCUT2D eigenvalue weighted by molar-refractivity contribution is 0.242. The summed E-state index contributed by atoms with van der Waals surface area (Å²) >= 11 is 0. The van der Waals surface area contributed by atoms with Crippen molar-refractivity contribution in [2.75, 3.05) is 0 Å². The van der Waals surface area contributed by atoms with Crippen LogP contribution in [-0.2, 0) is 5.41 Å². The molecule has 0 radical (unpaired) electrons. The van der Waals surface area contributed by atoms with Crippen molar-refractivity contribution in [3.8, 4) is 17.3 Å². The van der Waals surface area contributed by atoms with Crippen LogP contribution in [0.15, 0.2) is 36.4 Å². The molecule has 0 amide bonds. The Labute approximate surface area is 173 Å². The molecule has 3 aromatic rings. The van der Waals surface area contributed by atoms with Crippen LogP contribution in [-0.4, -0.2) is 15.2 Å². The van der Waals surface area contributed by atoms with E-state index in [-0.39, 0.29) is 22.6 Å². The number of hydrogen-bond donors (Lipinski definition) is 0. The second-order valence-corrected chi connectivity index (χ2v) is 8.82. The summed E-state index contributed by atoms with van der Waals surface area (Å²) in [6.45, 7) is 6.38. The summed E-state index contributed by atoms with van der Waals surface area (Å²) in [5, 5.41) is 18.2. The molecule has 2 aliphatic rings. The van der Waals surface area contributed by atoms with Crippen molar-refractivity contribution in [2.45, 2.75) is 44.9 Å². The van der Waals surface area contributed by atoms with Crippen LogP contribution in [0.4, 0.5) is 8.78 Å². The lowest BCUT2D eigenvalue weighted by atomic mass is 9.65. The summed E-state index contributed by atoms with van der Waals surface area (Å²) < 4.78 is 28.7. The topological polar surface area (TPSA) is 62.5 Å². The fourth-order valence-corrected chi connectivity index (χ4v) is 5.74. The van der Waals surface area contributed by atoms with E-state index in [4.69, 9.17) is 4.98 Å². The number of rotatable bonds is 2. The average molecular weight is 402 g/mol. The Morgan fingerprint density at radius 2 is 1.80 bits per heavy atom. The molecule has 2 aliphatic carbocycles. The summed E-state index contributed by atoms with van der Waals surface area (Å²) in [4.78, 5) is 4.70. The number of fused-ring (bicyclic) bond motifs is 5. The third kappa shape index (κ3) is 2.21. The molecule has 2 bridgehead atoms. The molecule has 150 valence electrons. The summed E-state index contributed by atoms with van der Waals surface area (Å²) in [5.74, 6) is -1.13. The third-order valence-corrected chi connectivity index (χ3v) is 7.22. The summed E-state index contributed by atoms with van der Waals surface area (Å²) in [7, 11) is 0. The minimum absolute atomic E-state index is 0.150. The van der Waals surface area contributed by atoms with Crippen molar-refractivity contribution < 1.29 is 8.78 Å². The summed E-state index contributed by atoms with van der Waals surface area (Å²) in [5.41, 5.74) is 3.37. The number of hydrogen-bond acceptors (Lipinski definition) is 4. The summed E-state index contributed by atoms with van der Waals surface area (Å²) in [6, 6.07) is 11.4. The standard InChI is InChI=1S/C24H20F2N4/c1-13-7-8-14(12-27)28-21(13)24-10-9-16(23(24,2)3)15-11-19(29-30-22(15)24)20-17(25)5-4-6-18(20)26/h4-8,11,16H,9-10H2,1-3H3/t16-,24+/m0/s1. The molecule has 5 rings (SSSR count). The van der Waals surface area contributed by atoms with Crippen LogP contribution in [0.2, 0.25) is 0 Å². The maximum atomic E-state index is 14.4. The minimum atomic E-state index is -0.652. The van der Waals surface area contributed by atoms with Crippen LogP contribution in [0.1, 0.15) is 60.8 Å². The minimum Gasteiger partial charge on any atom is -0.241 e. The Bertz CT molecular complexity index is 1220. The molecule has 2 heterocycles. The largest absolute Gasteiger partial charge is 0.241 e. The molecular weight excluding hydrogens is 382 g/mol. The van der Waals surface area contributed by atoms with Crippen LogP contribution in [0, 0.1) is 35.3 Å². The van der Waals surface area contributed by atoms with E-state index in [1.54, 1.807) is 12.1 Å². The number of aromatic nitrogens is 3. The van der Waals surface area contributed by atoms with Gasteiger partial charge in [-0.15, -0.1) is 5.10 Å². The first kappa shape index (κ1) is 18.8. The monoisotopic (exact) mass is 402 g/mol. The highest BCUT2D eigenvalue weighted by Crippen LogP contribution is 2.69. The zero-order chi connectivity index (χ0) is 21.3. The van der Waals surface area contributed by atoms with Gasteiger partial charge in [-0.1, -0.05) is 26.0 Å². The maximum Gasteiger partial charge on any atom is 0.140 e. The van der Waals surface area contributed by atoms with Crippen LogP contribution in [0.25, 0.3) is 11.3 Å². The van der Waals surface area contributed by atoms with Gasteiger partial charge in [-0.05, 0) is 66.5 Å². The van der Waals surface area contributed by atoms with Gasteiger partial charge < -0.3 is 0 Å². The second kappa shape index (κ2) is 6.15. The molecule has 0 N–H and O–H groups in total. The second-order valence-electron chi connectivity index (χ2n) is 8.82. The van der Waals surface area contributed by atoms with E-state index in [1.165, 1.54) is 18.2 Å². The molecule has 1 saturated carbocycles. The number of nitrogens with zero attached hydrogens (tertiary/aromatic N) is 4. The Kier molecular flexibility index (Phi) is 3.85. The van der Waals surface area contributed by atoms with Gasteiger partial charge in [0.2, 0.25) is 0 Å². The smallest absolute Gasteiger partial charge is 0.140 e. The maximum absolute atomic E-state index is 14.4. The lowest BCUT2D eigenvalue weighted by Gasteiger charge is -2.38. The first-order valence-electron chi connectivity index (χ1n) is 10.0. The average Bonchev–Trinajstić information content (AvgIpc) is 3.09. The van der Waals surface area contributed by atoms with E-state index in [0.717, 1.165) is 35.4 Å². The quantitative estimate of drug-likeness (QED) is 0.591. The van der Waals surface area contributed by atoms with Gasteiger partial charge in [-0.3, -0.25) is 0 Å².